The van der Waals surface area contributed by atoms with Crippen LogP contribution in [0.5, 0.6) is 0 Å². The highest BCUT2D eigenvalue weighted by atomic mass is 32.1. The Balaban J connectivity index is 2.65. The van der Waals surface area contributed by atoms with Gasteiger partial charge >= 0.3 is 12.0 Å². The van der Waals surface area contributed by atoms with E-state index >= 15 is 0 Å². The molecule has 1 rings (SSSR count). The molecule has 7 heteroatoms. The molecule has 0 saturated carbocycles. The summed E-state index contributed by atoms with van der Waals surface area (Å²) in [4.78, 5) is 28.6. The van der Waals surface area contributed by atoms with E-state index in [-0.39, 0.29) is 6.04 Å². The fourth-order valence-corrected chi connectivity index (χ4v) is 2.63. The van der Waals surface area contributed by atoms with Crippen molar-refractivity contribution in [3.05, 3.63) is 16.1 Å². The molecule has 118 valence electrons. The van der Waals surface area contributed by atoms with Gasteiger partial charge in [-0.25, -0.2) is 14.6 Å². The van der Waals surface area contributed by atoms with Gasteiger partial charge in [-0.1, -0.05) is 27.7 Å². The van der Waals surface area contributed by atoms with E-state index in [0.717, 1.165) is 16.3 Å². The summed E-state index contributed by atoms with van der Waals surface area (Å²) in [5.41, 5.74) is -0.566. The normalized spacial score (nSPS) is 14.3. The highest BCUT2D eigenvalue weighted by Crippen LogP contribution is 2.21. The second-order valence-corrected chi connectivity index (χ2v) is 7.14. The van der Waals surface area contributed by atoms with Gasteiger partial charge in [0.15, 0.2) is 0 Å². The fourth-order valence-electron chi connectivity index (χ4n) is 1.77. The van der Waals surface area contributed by atoms with Gasteiger partial charge in [0.1, 0.15) is 11.0 Å². The van der Waals surface area contributed by atoms with E-state index in [1.807, 2.05) is 13.8 Å². The molecule has 0 aliphatic rings. The van der Waals surface area contributed by atoms with Crippen LogP contribution in [0, 0.1) is 5.41 Å². The molecule has 1 heterocycles. The van der Waals surface area contributed by atoms with Crippen molar-refractivity contribution in [3.8, 4) is 0 Å². The van der Waals surface area contributed by atoms with Gasteiger partial charge in [-0.2, -0.15) is 0 Å². The maximum absolute atomic E-state index is 12.0. The zero-order valence-electron chi connectivity index (χ0n) is 13.1. The van der Waals surface area contributed by atoms with Crippen molar-refractivity contribution in [3.63, 3.8) is 0 Å². The van der Waals surface area contributed by atoms with Crippen LogP contribution in [-0.2, 0) is 11.2 Å². The quantitative estimate of drug-likeness (QED) is 0.779. The molecular formula is C14H23N3O3S. The molecule has 2 unspecified atom stereocenters. The molecule has 21 heavy (non-hydrogen) atoms. The van der Waals surface area contributed by atoms with Crippen LogP contribution in [0.3, 0.4) is 0 Å². The lowest BCUT2D eigenvalue weighted by molar-refractivity contribution is -0.141. The summed E-state index contributed by atoms with van der Waals surface area (Å²) in [5, 5.41) is 15.2. The maximum Gasteiger partial charge on any atom is 0.326 e. The topological polar surface area (TPSA) is 91.3 Å². The lowest BCUT2D eigenvalue weighted by Gasteiger charge is -2.28. The Hall–Kier alpha value is -1.63. The highest BCUT2D eigenvalue weighted by Gasteiger charge is 2.32. The second kappa shape index (κ2) is 6.89. The van der Waals surface area contributed by atoms with E-state index in [0.29, 0.717) is 0 Å². The third-order valence-electron chi connectivity index (χ3n) is 3.03. The van der Waals surface area contributed by atoms with Gasteiger partial charge in [-0.15, -0.1) is 11.3 Å². The standard InChI is InChI=1S/C14H23N3O3S/c1-6-9-7-15-11(21-9)8(2)16-13(20)17-10(12(18)19)14(3,4)5/h7-8,10H,6H2,1-5H3,(H,18,19)(H2,16,17,20). The van der Waals surface area contributed by atoms with E-state index < -0.39 is 23.5 Å². The molecule has 3 N–H and O–H groups in total. The summed E-state index contributed by atoms with van der Waals surface area (Å²) in [6.07, 6.45) is 2.70. The van der Waals surface area contributed by atoms with Crippen LogP contribution in [0.1, 0.15) is 50.5 Å². The SMILES string of the molecule is CCc1cnc(C(C)NC(=O)NC(C(=O)O)C(C)(C)C)s1. The molecule has 0 saturated heterocycles. The maximum atomic E-state index is 12.0. The first-order valence-corrected chi connectivity index (χ1v) is 7.71. The van der Waals surface area contributed by atoms with Gasteiger partial charge in [0.05, 0.1) is 6.04 Å². The number of aryl methyl sites for hydroxylation is 1. The largest absolute Gasteiger partial charge is 0.480 e. The molecule has 0 aromatic carbocycles. The number of rotatable bonds is 5. The van der Waals surface area contributed by atoms with Crippen LogP contribution >= 0.6 is 11.3 Å². The number of aromatic nitrogens is 1. The zero-order valence-corrected chi connectivity index (χ0v) is 13.9. The average Bonchev–Trinajstić information content (AvgIpc) is 2.83. The minimum atomic E-state index is -1.05. The summed E-state index contributed by atoms with van der Waals surface area (Å²) in [5.74, 6) is -1.05. The Kier molecular flexibility index (Phi) is 5.71. The van der Waals surface area contributed by atoms with E-state index in [9.17, 15) is 14.7 Å². The smallest absolute Gasteiger partial charge is 0.326 e. The number of carbonyl (C=O) groups is 2. The molecule has 1 aromatic rings. The van der Waals surface area contributed by atoms with Gasteiger partial charge in [-0.3, -0.25) is 0 Å². The molecule has 0 aliphatic carbocycles. The molecule has 2 atom stereocenters. The first kappa shape index (κ1) is 17.4. The highest BCUT2D eigenvalue weighted by molar-refractivity contribution is 7.11. The summed E-state index contributed by atoms with van der Waals surface area (Å²) in [6.45, 7) is 9.17. The lowest BCUT2D eigenvalue weighted by atomic mass is 9.87. The third kappa shape index (κ3) is 5.00. The predicted molar refractivity (Wildman–Crippen MR) is 82.5 cm³/mol. The van der Waals surface area contributed by atoms with Crippen molar-refractivity contribution >= 4 is 23.3 Å². The van der Waals surface area contributed by atoms with Crippen LogP contribution in [0.2, 0.25) is 0 Å². The first-order valence-electron chi connectivity index (χ1n) is 6.89. The number of urea groups is 1. The van der Waals surface area contributed by atoms with Crippen molar-refractivity contribution in [2.24, 2.45) is 5.41 Å². The molecule has 0 radical (unpaired) electrons. The molecular weight excluding hydrogens is 290 g/mol. The van der Waals surface area contributed by atoms with Gasteiger partial charge in [0.2, 0.25) is 0 Å². The minimum Gasteiger partial charge on any atom is -0.480 e. The van der Waals surface area contributed by atoms with Gasteiger partial charge < -0.3 is 15.7 Å². The molecule has 1 aromatic heterocycles. The number of hydrogen-bond donors (Lipinski definition) is 3. The third-order valence-corrected chi connectivity index (χ3v) is 4.35. The van der Waals surface area contributed by atoms with Crippen molar-refractivity contribution in [2.75, 3.05) is 0 Å². The van der Waals surface area contributed by atoms with Crippen molar-refractivity contribution in [1.82, 2.24) is 15.6 Å². The zero-order chi connectivity index (χ0) is 16.2. The first-order chi connectivity index (χ1) is 9.65. The molecule has 0 spiro atoms. The Bertz CT molecular complexity index is 508. The molecule has 0 bridgehead atoms. The van der Waals surface area contributed by atoms with Crippen molar-refractivity contribution in [1.29, 1.82) is 0 Å². The monoisotopic (exact) mass is 313 g/mol. The average molecular weight is 313 g/mol. The molecule has 6 nitrogen and oxygen atoms in total. The Morgan fingerprint density at radius 2 is 2.00 bits per heavy atom. The van der Waals surface area contributed by atoms with E-state index in [2.05, 4.69) is 15.6 Å². The number of nitrogens with one attached hydrogen (secondary N) is 2. The lowest BCUT2D eigenvalue weighted by Crippen LogP contribution is -2.52. The molecule has 2 amide bonds. The number of carbonyl (C=O) groups excluding carboxylic acids is 1. The Labute approximate surface area is 129 Å². The van der Waals surface area contributed by atoms with E-state index in [4.69, 9.17) is 0 Å². The number of nitrogens with zero attached hydrogens (tertiary/aromatic N) is 1. The van der Waals surface area contributed by atoms with Crippen molar-refractivity contribution < 1.29 is 14.7 Å². The Morgan fingerprint density at radius 1 is 1.38 bits per heavy atom. The van der Waals surface area contributed by atoms with E-state index in [1.54, 1.807) is 38.3 Å². The van der Waals surface area contributed by atoms with E-state index in [1.165, 1.54) is 0 Å². The summed E-state index contributed by atoms with van der Waals surface area (Å²) >= 11 is 1.54. The fraction of sp³-hybridized carbons (Fsp3) is 0.643. The Morgan fingerprint density at radius 3 is 2.43 bits per heavy atom. The van der Waals surface area contributed by atoms with Gasteiger partial charge in [-0.05, 0) is 18.8 Å². The second-order valence-electron chi connectivity index (χ2n) is 6.00. The predicted octanol–water partition coefficient (Wildman–Crippen LogP) is 2.57. The number of amides is 2. The summed E-state index contributed by atoms with van der Waals surface area (Å²) in [7, 11) is 0. The number of thiazole rings is 1. The van der Waals surface area contributed by atoms with Crippen LogP contribution in [-0.4, -0.2) is 28.1 Å². The number of carboxylic acids is 1. The number of aliphatic carboxylic acids is 1. The minimum absolute atomic E-state index is 0.260. The van der Waals surface area contributed by atoms with Crippen LogP contribution in [0.15, 0.2) is 6.20 Å². The number of carboxylic acid groups (broad SMARTS) is 1. The van der Waals surface area contributed by atoms with Crippen LogP contribution in [0.25, 0.3) is 0 Å². The summed E-state index contributed by atoms with van der Waals surface area (Å²) in [6, 6.07) is -1.71. The van der Waals surface area contributed by atoms with Crippen LogP contribution in [0.4, 0.5) is 4.79 Å². The molecule has 0 fully saturated rings. The van der Waals surface area contributed by atoms with Crippen molar-refractivity contribution in [2.45, 2.75) is 53.1 Å². The van der Waals surface area contributed by atoms with Gasteiger partial charge in [0.25, 0.3) is 0 Å². The van der Waals surface area contributed by atoms with Gasteiger partial charge in [0, 0.05) is 11.1 Å². The number of hydrogen-bond acceptors (Lipinski definition) is 4. The van der Waals surface area contributed by atoms with Crippen LogP contribution < -0.4 is 10.6 Å². The summed E-state index contributed by atoms with van der Waals surface area (Å²) < 4.78 is 0. The molecule has 0 aliphatic heterocycles.